The maximum Gasteiger partial charge on any atom is 0.263 e. The van der Waals surface area contributed by atoms with Gasteiger partial charge < -0.3 is 4.74 Å². The molecule has 0 saturated heterocycles. The molecule has 5 nitrogen and oxygen atoms in total. The summed E-state index contributed by atoms with van der Waals surface area (Å²) in [5.41, 5.74) is 2.60. The lowest BCUT2D eigenvalue weighted by Gasteiger charge is -2.08. The van der Waals surface area contributed by atoms with Gasteiger partial charge in [-0.05, 0) is 49.2 Å². The molecule has 2 aromatic carbocycles. The number of aryl methyl sites for hydroxylation is 2. The van der Waals surface area contributed by atoms with Crippen molar-refractivity contribution in [3.63, 3.8) is 0 Å². The third-order valence-electron chi connectivity index (χ3n) is 3.52. The third kappa shape index (κ3) is 3.02. The number of hydrogen-bond acceptors (Lipinski definition) is 5. The highest BCUT2D eigenvalue weighted by Gasteiger charge is 2.18. The van der Waals surface area contributed by atoms with Crippen molar-refractivity contribution in [2.24, 2.45) is 0 Å². The van der Waals surface area contributed by atoms with Gasteiger partial charge in [-0.3, -0.25) is 4.72 Å². The number of nitrogens with zero attached hydrogens (tertiary/aromatic N) is 1. The fourth-order valence-corrected chi connectivity index (χ4v) is 4.59. The molecule has 0 spiro atoms. The second kappa shape index (κ2) is 5.82. The van der Waals surface area contributed by atoms with Crippen LogP contribution >= 0.6 is 11.3 Å². The maximum absolute atomic E-state index is 12.5. The summed E-state index contributed by atoms with van der Waals surface area (Å²) < 4.78 is 33.7. The second-order valence-electron chi connectivity index (χ2n) is 5.18. The zero-order valence-corrected chi connectivity index (χ0v) is 14.6. The summed E-state index contributed by atoms with van der Waals surface area (Å²) in [6.45, 7) is 3.76. The first-order valence-corrected chi connectivity index (χ1v) is 9.24. The zero-order valence-electron chi connectivity index (χ0n) is 13.0. The average molecular weight is 348 g/mol. The predicted octanol–water partition coefficient (Wildman–Crippen LogP) is 3.72. The lowest BCUT2D eigenvalue weighted by molar-refractivity contribution is 0.411. The molecule has 0 aliphatic heterocycles. The normalized spacial score (nSPS) is 11.6. The minimum absolute atomic E-state index is 0.187. The van der Waals surface area contributed by atoms with Crippen molar-refractivity contribution < 1.29 is 13.2 Å². The molecule has 0 unspecified atom stereocenters. The molecule has 0 fully saturated rings. The highest BCUT2D eigenvalue weighted by atomic mass is 32.2. The number of ether oxygens (including phenoxy) is 1. The fraction of sp³-hybridized carbons (Fsp3) is 0.188. The molecule has 0 aliphatic rings. The van der Waals surface area contributed by atoms with Gasteiger partial charge in [0.15, 0.2) is 5.13 Å². The van der Waals surface area contributed by atoms with Crippen molar-refractivity contribution in [1.82, 2.24) is 4.98 Å². The van der Waals surface area contributed by atoms with E-state index in [1.165, 1.54) is 17.4 Å². The number of sulfonamides is 1. The number of fused-ring (bicyclic) bond motifs is 1. The van der Waals surface area contributed by atoms with Crippen molar-refractivity contribution in [3.05, 3.63) is 47.5 Å². The summed E-state index contributed by atoms with van der Waals surface area (Å²) in [7, 11) is -2.13. The first-order valence-electron chi connectivity index (χ1n) is 6.94. The molecule has 0 aliphatic carbocycles. The molecule has 120 valence electrons. The molecule has 0 atom stereocenters. The van der Waals surface area contributed by atoms with Gasteiger partial charge in [-0.25, -0.2) is 13.4 Å². The van der Waals surface area contributed by atoms with E-state index in [4.69, 9.17) is 4.74 Å². The van der Waals surface area contributed by atoms with Crippen LogP contribution in [-0.4, -0.2) is 20.5 Å². The van der Waals surface area contributed by atoms with Crippen molar-refractivity contribution >= 4 is 36.7 Å². The van der Waals surface area contributed by atoms with E-state index in [1.807, 2.05) is 25.1 Å². The molecular formula is C16H16N2O3S2. The first kappa shape index (κ1) is 15.8. The van der Waals surface area contributed by atoms with E-state index in [0.29, 0.717) is 10.9 Å². The Labute approximate surface area is 139 Å². The van der Waals surface area contributed by atoms with Crippen LogP contribution in [0, 0.1) is 13.8 Å². The number of para-hydroxylation sites is 1. The van der Waals surface area contributed by atoms with Crippen LogP contribution in [0.1, 0.15) is 11.1 Å². The summed E-state index contributed by atoms with van der Waals surface area (Å²) in [6.07, 6.45) is 0. The van der Waals surface area contributed by atoms with Crippen LogP contribution in [0.4, 0.5) is 5.13 Å². The van der Waals surface area contributed by atoms with E-state index >= 15 is 0 Å². The van der Waals surface area contributed by atoms with Gasteiger partial charge in [0.2, 0.25) is 0 Å². The summed E-state index contributed by atoms with van der Waals surface area (Å²) in [5, 5.41) is 0.364. The molecule has 1 aromatic heterocycles. The minimum atomic E-state index is -3.68. The Morgan fingerprint density at radius 1 is 1.13 bits per heavy atom. The Hall–Kier alpha value is -2.12. The highest BCUT2D eigenvalue weighted by Crippen LogP contribution is 2.30. The molecular weight excluding hydrogens is 332 g/mol. The Morgan fingerprint density at radius 2 is 1.91 bits per heavy atom. The minimum Gasteiger partial charge on any atom is -0.496 e. The van der Waals surface area contributed by atoms with Gasteiger partial charge in [0.05, 0.1) is 22.2 Å². The standard InChI is InChI=1S/C16H16N2O3S2/c1-10-5-4-6-14-15(10)17-16(22-14)18-23(19,20)12-7-8-13(21-3)11(2)9-12/h4-9H,1-3H3,(H,17,18). The topological polar surface area (TPSA) is 68.3 Å². The summed E-state index contributed by atoms with van der Waals surface area (Å²) in [6, 6.07) is 10.6. The first-order chi connectivity index (χ1) is 10.9. The fourth-order valence-electron chi connectivity index (χ4n) is 2.32. The summed E-state index contributed by atoms with van der Waals surface area (Å²) >= 11 is 1.32. The van der Waals surface area contributed by atoms with E-state index in [0.717, 1.165) is 21.3 Å². The second-order valence-corrected chi connectivity index (χ2v) is 7.89. The molecule has 3 aromatic rings. The number of methoxy groups -OCH3 is 1. The number of hydrogen-bond donors (Lipinski definition) is 1. The molecule has 0 saturated carbocycles. The highest BCUT2D eigenvalue weighted by molar-refractivity contribution is 7.93. The van der Waals surface area contributed by atoms with Gasteiger partial charge in [-0.2, -0.15) is 0 Å². The Kier molecular flexibility index (Phi) is 3.99. The number of anilines is 1. The molecule has 0 bridgehead atoms. The zero-order chi connectivity index (χ0) is 16.6. The molecule has 0 radical (unpaired) electrons. The van der Waals surface area contributed by atoms with Crippen LogP contribution in [0.2, 0.25) is 0 Å². The number of benzene rings is 2. The van der Waals surface area contributed by atoms with Crippen LogP contribution in [0.15, 0.2) is 41.3 Å². The molecule has 3 rings (SSSR count). The van der Waals surface area contributed by atoms with Gasteiger partial charge >= 0.3 is 0 Å². The van der Waals surface area contributed by atoms with E-state index in [1.54, 1.807) is 26.2 Å². The van der Waals surface area contributed by atoms with Gasteiger partial charge in [0.1, 0.15) is 5.75 Å². The summed E-state index contributed by atoms with van der Waals surface area (Å²) in [5.74, 6) is 0.652. The monoisotopic (exact) mass is 348 g/mol. The van der Waals surface area contributed by atoms with Gasteiger partial charge in [-0.1, -0.05) is 23.5 Å². The lowest BCUT2D eigenvalue weighted by Crippen LogP contribution is -2.13. The number of nitrogens with one attached hydrogen (secondary N) is 1. The van der Waals surface area contributed by atoms with Gasteiger partial charge in [0, 0.05) is 0 Å². The van der Waals surface area contributed by atoms with Crippen LogP contribution in [0.3, 0.4) is 0 Å². The average Bonchev–Trinajstić information content (AvgIpc) is 2.90. The molecule has 1 heterocycles. The Balaban J connectivity index is 1.96. The lowest BCUT2D eigenvalue weighted by atomic mass is 10.2. The largest absolute Gasteiger partial charge is 0.496 e. The molecule has 1 N–H and O–H groups in total. The van der Waals surface area contributed by atoms with Crippen molar-refractivity contribution in [3.8, 4) is 5.75 Å². The van der Waals surface area contributed by atoms with Crippen molar-refractivity contribution in [2.75, 3.05) is 11.8 Å². The predicted molar refractivity (Wildman–Crippen MR) is 92.9 cm³/mol. The van der Waals surface area contributed by atoms with E-state index in [-0.39, 0.29) is 4.90 Å². The number of aromatic nitrogens is 1. The van der Waals surface area contributed by atoms with E-state index < -0.39 is 10.0 Å². The van der Waals surface area contributed by atoms with Crippen LogP contribution in [0.25, 0.3) is 10.2 Å². The van der Waals surface area contributed by atoms with Crippen molar-refractivity contribution in [1.29, 1.82) is 0 Å². The SMILES string of the molecule is COc1ccc(S(=O)(=O)Nc2nc3c(C)cccc3s2)cc1C. The van der Waals surface area contributed by atoms with E-state index in [9.17, 15) is 8.42 Å². The van der Waals surface area contributed by atoms with E-state index in [2.05, 4.69) is 9.71 Å². The van der Waals surface area contributed by atoms with Crippen LogP contribution in [-0.2, 0) is 10.0 Å². The number of thiazole rings is 1. The van der Waals surface area contributed by atoms with Crippen molar-refractivity contribution in [2.45, 2.75) is 18.7 Å². The smallest absolute Gasteiger partial charge is 0.263 e. The quantitative estimate of drug-likeness (QED) is 0.780. The van der Waals surface area contributed by atoms with Crippen LogP contribution < -0.4 is 9.46 Å². The third-order valence-corrected chi connectivity index (χ3v) is 5.92. The Bertz CT molecular complexity index is 978. The van der Waals surface area contributed by atoms with Gasteiger partial charge in [-0.15, -0.1) is 0 Å². The maximum atomic E-state index is 12.5. The molecule has 7 heteroatoms. The number of rotatable bonds is 4. The Morgan fingerprint density at radius 3 is 2.57 bits per heavy atom. The molecule has 0 amide bonds. The summed E-state index contributed by atoms with van der Waals surface area (Å²) in [4.78, 5) is 4.57. The molecule has 23 heavy (non-hydrogen) atoms. The van der Waals surface area contributed by atoms with Gasteiger partial charge in [0.25, 0.3) is 10.0 Å². The van der Waals surface area contributed by atoms with Crippen LogP contribution in [0.5, 0.6) is 5.75 Å².